The Hall–Kier alpha value is -3.45. The van der Waals surface area contributed by atoms with Gasteiger partial charge in [-0.15, -0.1) is 0 Å². The van der Waals surface area contributed by atoms with Crippen LogP contribution in [0.1, 0.15) is 21.5 Å². The molecule has 0 spiro atoms. The Bertz CT molecular complexity index is 1050. The van der Waals surface area contributed by atoms with Gasteiger partial charge in [0, 0.05) is 4.47 Å². The van der Waals surface area contributed by atoms with Crippen molar-refractivity contribution >= 4 is 34.0 Å². The van der Waals surface area contributed by atoms with Crippen molar-refractivity contribution in [3.63, 3.8) is 0 Å². The Morgan fingerprint density at radius 2 is 1.63 bits per heavy atom. The summed E-state index contributed by atoms with van der Waals surface area (Å²) >= 11 is 3.33. The molecule has 0 radical (unpaired) electrons. The molecular weight excluding hydrogens is 448 g/mol. The molecule has 0 aliphatic rings. The lowest BCUT2D eigenvalue weighted by atomic mass is 10.2. The Kier molecular flexibility index (Phi) is 7.34. The third kappa shape index (κ3) is 6.28. The van der Waals surface area contributed by atoms with Gasteiger partial charge in [-0.3, -0.25) is 4.79 Å². The molecule has 3 aromatic rings. The number of ether oxygens (including phenoxy) is 2. The molecule has 0 heterocycles. The van der Waals surface area contributed by atoms with Gasteiger partial charge >= 0.3 is 5.97 Å². The molecule has 3 rings (SSSR count). The summed E-state index contributed by atoms with van der Waals surface area (Å²) in [5, 5.41) is 3.90. The SMILES string of the molecule is Cc1ccc(OCC(=O)NN=Cc2ccc(OC(=O)c3ccccc3Br)cc2)cc1. The minimum absolute atomic E-state index is 0.135. The molecule has 6 nitrogen and oxygen atoms in total. The van der Waals surface area contributed by atoms with Crippen LogP contribution in [0, 0.1) is 6.92 Å². The van der Waals surface area contributed by atoms with Gasteiger partial charge in [0.2, 0.25) is 0 Å². The number of esters is 1. The van der Waals surface area contributed by atoms with E-state index in [-0.39, 0.29) is 12.5 Å². The smallest absolute Gasteiger partial charge is 0.344 e. The zero-order chi connectivity index (χ0) is 21.3. The van der Waals surface area contributed by atoms with Crippen LogP contribution in [0.3, 0.4) is 0 Å². The van der Waals surface area contributed by atoms with Crippen LogP contribution in [0.5, 0.6) is 11.5 Å². The van der Waals surface area contributed by atoms with E-state index < -0.39 is 5.97 Å². The van der Waals surface area contributed by atoms with Crippen molar-refractivity contribution in [3.8, 4) is 11.5 Å². The van der Waals surface area contributed by atoms with E-state index >= 15 is 0 Å². The van der Waals surface area contributed by atoms with E-state index in [1.165, 1.54) is 6.21 Å². The molecule has 1 N–H and O–H groups in total. The van der Waals surface area contributed by atoms with Gasteiger partial charge in [0.05, 0.1) is 11.8 Å². The average molecular weight is 467 g/mol. The van der Waals surface area contributed by atoms with Gasteiger partial charge in [0.1, 0.15) is 11.5 Å². The number of carbonyl (C=O) groups excluding carboxylic acids is 2. The maximum Gasteiger partial charge on any atom is 0.344 e. The number of aryl methyl sites for hydroxylation is 1. The number of hydrogen-bond donors (Lipinski definition) is 1. The maximum atomic E-state index is 12.2. The molecule has 0 fully saturated rings. The van der Waals surface area contributed by atoms with Crippen molar-refractivity contribution < 1.29 is 19.1 Å². The highest BCUT2D eigenvalue weighted by atomic mass is 79.9. The molecule has 3 aromatic carbocycles. The van der Waals surface area contributed by atoms with Crippen LogP contribution >= 0.6 is 15.9 Å². The van der Waals surface area contributed by atoms with Gasteiger partial charge in [-0.25, -0.2) is 10.2 Å². The summed E-state index contributed by atoms with van der Waals surface area (Å²) in [5.74, 6) is 0.200. The van der Waals surface area contributed by atoms with Crippen molar-refractivity contribution in [1.29, 1.82) is 0 Å². The van der Waals surface area contributed by atoms with Gasteiger partial charge in [-0.1, -0.05) is 29.8 Å². The highest BCUT2D eigenvalue weighted by molar-refractivity contribution is 9.10. The molecule has 0 saturated carbocycles. The molecule has 0 unspecified atom stereocenters. The lowest BCUT2D eigenvalue weighted by Gasteiger charge is -2.06. The number of amides is 1. The molecule has 7 heteroatoms. The number of halogens is 1. The normalized spacial score (nSPS) is 10.6. The van der Waals surface area contributed by atoms with Crippen LogP contribution in [0.15, 0.2) is 82.4 Å². The van der Waals surface area contributed by atoms with E-state index in [0.717, 1.165) is 11.1 Å². The first-order valence-electron chi connectivity index (χ1n) is 9.09. The first kappa shape index (κ1) is 21.3. The van der Waals surface area contributed by atoms with E-state index in [0.29, 0.717) is 21.5 Å². The second-order valence-electron chi connectivity index (χ2n) is 6.33. The van der Waals surface area contributed by atoms with E-state index in [1.807, 2.05) is 25.1 Å². The summed E-state index contributed by atoms with van der Waals surface area (Å²) in [6, 6.07) is 21.2. The van der Waals surface area contributed by atoms with E-state index in [2.05, 4.69) is 26.5 Å². The first-order valence-corrected chi connectivity index (χ1v) is 9.89. The maximum absolute atomic E-state index is 12.2. The molecule has 1 amide bonds. The monoisotopic (exact) mass is 466 g/mol. The fourth-order valence-electron chi connectivity index (χ4n) is 2.41. The Balaban J connectivity index is 1.47. The summed E-state index contributed by atoms with van der Waals surface area (Å²) in [6.07, 6.45) is 1.49. The van der Waals surface area contributed by atoms with Gasteiger partial charge < -0.3 is 9.47 Å². The van der Waals surface area contributed by atoms with Crippen LogP contribution in [-0.2, 0) is 4.79 Å². The van der Waals surface area contributed by atoms with Crippen molar-refractivity contribution in [1.82, 2.24) is 5.43 Å². The third-order valence-corrected chi connectivity index (χ3v) is 4.67. The Morgan fingerprint density at radius 1 is 0.967 bits per heavy atom. The predicted molar refractivity (Wildman–Crippen MR) is 118 cm³/mol. The molecule has 152 valence electrons. The number of rotatable bonds is 7. The van der Waals surface area contributed by atoms with Crippen LogP contribution in [0.25, 0.3) is 0 Å². The zero-order valence-corrected chi connectivity index (χ0v) is 17.8. The molecule has 30 heavy (non-hydrogen) atoms. The van der Waals surface area contributed by atoms with Crippen molar-refractivity contribution in [2.45, 2.75) is 6.92 Å². The molecule has 0 aliphatic carbocycles. The van der Waals surface area contributed by atoms with Crippen molar-refractivity contribution in [2.75, 3.05) is 6.61 Å². The largest absolute Gasteiger partial charge is 0.484 e. The zero-order valence-electron chi connectivity index (χ0n) is 16.2. The second-order valence-corrected chi connectivity index (χ2v) is 7.19. The molecule has 0 aliphatic heterocycles. The minimum atomic E-state index is -0.454. The number of nitrogens with one attached hydrogen (secondary N) is 1. The highest BCUT2D eigenvalue weighted by Gasteiger charge is 2.11. The molecule has 0 aromatic heterocycles. The van der Waals surface area contributed by atoms with E-state index in [1.54, 1.807) is 54.6 Å². The minimum Gasteiger partial charge on any atom is -0.484 e. The van der Waals surface area contributed by atoms with Crippen molar-refractivity contribution in [2.24, 2.45) is 5.10 Å². The summed E-state index contributed by atoms with van der Waals surface area (Å²) in [5.41, 5.74) is 4.69. The number of hydrogen-bond acceptors (Lipinski definition) is 5. The number of nitrogens with zero attached hydrogens (tertiary/aromatic N) is 1. The van der Waals surface area contributed by atoms with Gasteiger partial charge in [-0.05, 0) is 76.9 Å². The summed E-state index contributed by atoms with van der Waals surface area (Å²) in [7, 11) is 0. The Labute approximate surface area is 182 Å². The van der Waals surface area contributed by atoms with Crippen LogP contribution in [0.4, 0.5) is 0 Å². The fourth-order valence-corrected chi connectivity index (χ4v) is 2.85. The summed E-state index contributed by atoms with van der Waals surface area (Å²) in [6.45, 7) is 1.84. The summed E-state index contributed by atoms with van der Waals surface area (Å²) in [4.78, 5) is 24.0. The van der Waals surface area contributed by atoms with Crippen molar-refractivity contribution in [3.05, 3.63) is 94.0 Å². The Morgan fingerprint density at radius 3 is 2.33 bits per heavy atom. The van der Waals surface area contributed by atoms with Gasteiger partial charge in [-0.2, -0.15) is 5.10 Å². The molecule has 0 saturated heterocycles. The van der Waals surface area contributed by atoms with E-state index in [9.17, 15) is 9.59 Å². The third-order valence-electron chi connectivity index (χ3n) is 3.98. The van der Waals surface area contributed by atoms with E-state index in [4.69, 9.17) is 9.47 Å². The standard InChI is InChI=1S/C23H19BrN2O4/c1-16-6-10-18(11-7-16)29-15-22(27)26-25-14-17-8-12-19(13-9-17)30-23(28)20-4-2-3-5-21(20)24/h2-14H,15H2,1H3,(H,26,27). The average Bonchev–Trinajstić information content (AvgIpc) is 2.75. The number of carbonyl (C=O) groups is 2. The van der Waals surface area contributed by atoms with Gasteiger partial charge in [0.25, 0.3) is 5.91 Å². The van der Waals surface area contributed by atoms with Gasteiger partial charge in [0.15, 0.2) is 6.61 Å². The van der Waals surface area contributed by atoms with Crippen LogP contribution in [-0.4, -0.2) is 24.7 Å². The van der Waals surface area contributed by atoms with Crippen LogP contribution in [0.2, 0.25) is 0 Å². The fraction of sp³-hybridized carbons (Fsp3) is 0.0870. The van der Waals surface area contributed by atoms with Crippen LogP contribution < -0.4 is 14.9 Å². The first-order chi connectivity index (χ1) is 14.5. The second kappa shape index (κ2) is 10.4. The molecular formula is C23H19BrN2O4. The topological polar surface area (TPSA) is 77.0 Å². The highest BCUT2D eigenvalue weighted by Crippen LogP contribution is 2.19. The summed E-state index contributed by atoms with van der Waals surface area (Å²) < 4.78 is 11.4. The lowest BCUT2D eigenvalue weighted by molar-refractivity contribution is -0.123. The predicted octanol–water partition coefficient (Wildman–Crippen LogP) is 4.51. The lowest BCUT2D eigenvalue weighted by Crippen LogP contribution is -2.24. The molecule has 0 bridgehead atoms. The number of benzene rings is 3. The number of hydrazone groups is 1. The quantitative estimate of drug-likeness (QED) is 0.240. The molecule has 0 atom stereocenters.